The molecule has 2 saturated heterocycles. The number of aliphatic hydroxyl groups is 8. The van der Waals surface area contributed by atoms with Crippen molar-refractivity contribution in [2.45, 2.75) is 306 Å². The summed E-state index contributed by atoms with van der Waals surface area (Å²) in [4.78, 5) is 13.1. The predicted molar refractivity (Wildman–Crippen MR) is 304 cm³/mol. The predicted octanol–water partition coefficient (Wildman–Crippen LogP) is 10.6. The Bertz CT molecular complexity index is 1510. The van der Waals surface area contributed by atoms with Crippen molar-refractivity contribution in [3.63, 3.8) is 0 Å². The molecule has 0 aromatic rings. The zero-order valence-electron chi connectivity index (χ0n) is 47.5. The molecule has 2 heterocycles. The fourth-order valence-corrected chi connectivity index (χ4v) is 9.85. The molecule has 2 rings (SSSR count). The molecule has 442 valence electrons. The quantitative estimate of drug-likeness (QED) is 0.0204. The van der Waals surface area contributed by atoms with E-state index in [9.17, 15) is 45.6 Å². The highest BCUT2D eigenvalue weighted by molar-refractivity contribution is 5.76. The first kappa shape index (κ1) is 69.8. The van der Waals surface area contributed by atoms with Gasteiger partial charge in [-0.05, 0) is 57.8 Å². The van der Waals surface area contributed by atoms with Gasteiger partial charge in [-0.25, -0.2) is 0 Å². The number of nitrogens with one attached hydrogen (secondary N) is 1. The third-order valence-electron chi connectivity index (χ3n) is 14.7. The van der Waals surface area contributed by atoms with Crippen molar-refractivity contribution in [1.29, 1.82) is 0 Å². The minimum Gasteiger partial charge on any atom is -0.394 e. The lowest BCUT2D eigenvalue weighted by Gasteiger charge is -2.46. The molecule has 9 N–H and O–H groups in total. The first-order chi connectivity index (χ1) is 37.1. The molecule has 12 unspecified atom stereocenters. The molecule has 2 aliphatic rings. The molecule has 0 bridgehead atoms. The molecule has 0 aliphatic carbocycles. The van der Waals surface area contributed by atoms with Crippen molar-refractivity contribution in [2.24, 2.45) is 0 Å². The molecular weight excluding hydrogens is 967 g/mol. The number of aliphatic hydroxyl groups excluding tert-OH is 8. The van der Waals surface area contributed by atoms with Gasteiger partial charge in [-0.15, -0.1) is 0 Å². The fraction of sp³-hybridized carbons (Fsp3) is 0.823. The lowest BCUT2D eigenvalue weighted by molar-refractivity contribution is -0.359. The zero-order valence-corrected chi connectivity index (χ0v) is 47.5. The van der Waals surface area contributed by atoms with Crippen LogP contribution in [0.5, 0.6) is 0 Å². The van der Waals surface area contributed by atoms with Crippen LogP contribution in [0.4, 0.5) is 0 Å². The van der Waals surface area contributed by atoms with E-state index < -0.39 is 86.8 Å². The van der Waals surface area contributed by atoms with Crippen LogP contribution in [0.2, 0.25) is 0 Å². The number of ether oxygens (including phenoxy) is 4. The molecule has 1 amide bonds. The van der Waals surface area contributed by atoms with Crippen molar-refractivity contribution in [3.8, 4) is 0 Å². The largest absolute Gasteiger partial charge is 0.394 e. The van der Waals surface area contributed by atoms with Crippen LogP contribution in [-0.2, 0) is 23.7 Å². The van der Waals surface area contributed by atoms with Gasteiger partial charge < -0.3 is 65.1 Å². The minimum atomic E-state index is -1.78. The van der Waals surface area contributed by atoms with Crippen molar-refractivity contribution < 1.29 is 64.6 Å². The molecule has 0 radical (unpaired) electrons. The summed E-state index contributed by atoms with van der Waals surface area (Å²) in [6.07, 6.45) is 44.7. The highest BCUT2D eigenvalue weighted by Crippen LogP contribution is 2.30. The number of carbonyl (C=O) groups is 1. The van der Waals surface area contributed by atoms with Crippen LogP contribution in [0.25, 0.3) is 0 Å². The van der Waals surface area contributed by atoms with Gasteiger partial charge in [0, 0.05) is 6.42 Å². The number of unbranched alkanes of at least 4 members (excludes halogenated alkanes) is 25. The summed E-state index contributed by atoms with van der Waals surface area (Å²) < 4.78 is 22.7. The van der Waals surface area contributed by atoms with Crippen LogP contribution in [0.15, 0.2) is 60.8 Å². The fourth-order valence-electron chi connectivity index (χ4n) is 9.85. The summed E-state index contributed by atoms with van der Waals surface area (Å²) in [6, 6.07) is -0.824. The van der Waals surface area contributed by atoms with Gasteiger partial charge in [-0.2, -0.15) is 0 Å². The van der Waals surface area contributed by atoms with E-state index in [1.807, 2.05) is 0 Å². The standard InChI is InChI=1S/C62H111NO13/c1-3-5-7-9-10-11-12-13-14-15-16-17-18-19-20-21-22-23-24-25-26-27-28-29-30-31-32-33-34-35-36-37-38-39-40-42-44-46-54(67)63-50(51(66)45-43-41-8-6-4-2)49-73-61-59(72)57(70)60(53(48-65)75-61)76-62-58(71)56(69)55(68)52(47-64)74-62/h5,7,10-11,13-14,16-17,19-20,50-53,55-62,64-66,68-72H,3-4,6,8-9,12,15,18,21-49H2,1-2H3,(H,63,67)/b7-5-,11-10-,14-13-,17-16-,20-19-. The van der Waals surface area contributed by atoms with Crippen molar-refractivity contribution in [2.75, 3.05) is 19.8 Å². The average Bonchev–Trinajstić information content (AvgIpc) is 3.42. The van der Waals surface area contributed by atoms with Crippen LogP contribution in [0, 0.1) is 0 Å². The summed E-state index contributed by atoms with van der Waals surface area (Å²) in [5.41, 5.74) is 0. The lowest BCUT2D eigenvalue weighted by atomic mass is 9.97. The number of allylic oxidation sites excluding steroid dienone is 10. The van der Waals surface area contributed by atoms with E-state index in [1.54, 1.807) is 0 Å². The van der Waals surface area contributed by atoms with Gasteiger partial charge in [-0.1, -0.05) is 229 Å². The molecular formula is C62H111NO13. The van der Waals surface area contributed by atoms with E-state index in [1.165, 1.54) is 116 Å². The SMILES string of the molecule is CC/C=C\C/C=C\C/C=C\C/C=C\C/C=C\CCCCCCCCCCCCCCCCCCCCCCCC(=O)NC(COC1OC(CO)C(OC2OC(CO)C(O)C(O)C2O)C(O)C1O)C(O)CCCCCCC. The maximum atomic E-state index is 13.1. The second-order valence-corrected chi connectivity index (χ2v) is 21.5. The van der Waals surface area contributed by atoms with Crippen LogP contribution in [-0.4, -0.2) is 140 Å². The maximum absolute atomic E-state index is 13.1. The van der Waals surface area contributed by atoms with E-state index in [2.05, 4.69) is 79.9 Å². The van der Waals surface area contributed by atoms with E-state index in [-0.39, 0.29) is 12.5 Å². The molecule has 14 nitrogen and oxygen atoms in total. The van der Waals surface area contributed by atoms with Gasteiger partial charge in [0.25, 0.3) is 0 Å². The molecule has 0 aromatic carbocycles. The van der Waals surface area contributed by atoms with Crippen LogP contribution >= 0.6 is 0 Å². The highest BCUT2D eigenvalue weighted by atomic mass is 16.7. The van der Waals surface area contributed by atoms with Crippen molar-refractivity contribution in [3.05, 3.63) is 60.8 Å². The first-order valence-electron chi connectivity index (χ1n) is 30.5. The van der Waals surface area contributed by atoms with Gasteiger partial charge >= 0.3 is 0 Å². The van der Waals surface area contributed by atoms with Gasteiger partial charge in [0.2, 0.25) is 5.91 Å². The number of amides is 1. The van der Waals surface area contributed by atoms with E-state index in [0.29, 0.717) is 12.8 Å². The average molecular weight is 1080 g/mol. The molecule has 0 saturated carbocycles. The Morgan fingerprint density at radius 3 is 1.39 bits per heavy atom. The minimum absolute atomic E-state index is 0.212. The van der Waals surface area contributed by atoms with E-state index in [4.69, 9.17) is 18.9 Å². The summed E-state index contributed by atoms with van der Waals surface area (Å²) in [6.45, 7) is 2.64. The number of rotatable bonds is 48. The molecule has 0 aromatic heterocycles. The molecule has 2 fully saturated rings. The molecule has 12 atom stereocenters. The Balaban J connectivity index is 1.49. The third kappa shape index (κ3) is 32.7. The highest BCUT2D eigenvalue weighted by Gasteiger charge is 2.51. The maximum Gasteiger partial charge on any atom is 0.220 e. The number of hydrogen-bond donors (Lipinski definition) is 9. The lowest BCUT2D eigenvalue weighted by Crippen LogP contribution is -2.65. The Hall–Kier alpha value is -2.31. The monoisotopic (exact) mass is 1080 g/mol. The first-order valence-corrected chi connectivity index (χ1v) is 30.5. The number of carbonyl (C=O) groups excluding carboxylic acids is 1. The molecule has 0 spiro atoms. The van der Waals surface area contributed by atoms with Gasteiger partial charge in [0.15, 0.2) is 12.6 Å². The van der Waals surface area contributed by atoms with Crippen molar-refractivity contribution in [1.82, 2.24) is 5.32 Å². The van der Waals surface area contributed by atoms with E-state index >= 15 is 0 Å². The van der Waals surface area contributed by atoms with Gasteiger partial charge in [0.05, 0.1) is 32.0 Å². The van der Waals surface area contributed by atoms with Crippen LogP contribution in [0.3, 0.4) is 0 Å². The Morgan fingerprint density at radius 2 is 0.908 bits per heavy atom. The summed E-state index contributed by atoms with van der Waals surface area (Å²) >= 11 is 0. The smallest absolute Gasteiger partial charge is 0.220 e. The number of hydrogen-bond acceptors (Lipinski definition) is 13. The van der Waals surface area contributed by atoms with Crippen LogP contribution < -0.4 is 5.32 Å². The topological polar surface area (TPSA) is 228 Å². The van der Waals surface area contributed by atoms with Crippen LogP contribution in [0.1, 0.15) is 232 Å². The summed E-state index contributed by atoms with van der Waals surface area (Å²) in [7, 11) is 0. The third-order valence-corrected chi connectivity index (χ3v) is 14.7. The van der Waals surface area contributed by atoms with Gasteiger partial charge in [0.1, 0.15) is 48.8 Å². The molecule has 14 heteroatoms. The zero-order chi connectivity index (χ0) is 55.3. The van der Waals surface area contributed by atoms with E-state index in [0.717, 1.165) is 89.9 Å². The van der Waals surface area contributed by atoms with Crippen molar-refractivity contribution >= 4 is 5.91 Å². The second-order valence-electron chi connectivity index (χ2n) is 21.5. The Labute approximate surface area is 460 Å². The molecule has 76 heavy (non-hydrogen) atoms. The summed E-state index contributed by atoms with van der Waals surface area (Å²) in [5, 5.41) is 86.6. The second kappa shape index (κ2) is 47.5. The summed E-state index contributed by atoms with van der Waals surface area (Å²) in [5.74, 6) is -0.212. The van der Waals surface area contributed by atoms with Gasteiger partial charge in [-0.3, -0.25) is 4.79 Å². The Kier molecular flexibility index (Phi) is 43.6. The molecule has 2 aliphatic heterocycles. The normalized spacial score (nSPS) is 25.3. The Morgan fingerprint density at radius 1 is 0.487 bits per heavy atom.